The van der Waals surface area contributed by atoms with Gasteiger partial charge in [-0.2, -0.15) is 0 Å². The maximum atomic E-state index is 12.7. The van der Waals surface area contributed by atoms with Gasteiger partial charge in [0.1, 0.15) is 30.5 Å². The van der Waals surface area contributed by atoms with Crippen LogP contribution in [0.3, 0.4) is 0 Å². The second kappa shape index (κ2) is 39.8. The van der Waals surface area contributed by atoms with Crippen LogP contribution >= 0.6 is 0 Å². The summed E-state index contributed by atoms with van der Waals surface area (Å²) in [5, 5.41) is 40.1. The molecular weight excluding hydrogens is 721 g/mol. The van der Waals surface area contributed by atoms with Gasteiger partial charge in [0, 0.05) is 13.0 Å². The number of unbranched alkanes of at least 4 members (excludes halogenated alkanes) is 23. The average molecular weight is 809 g/mol. The molecule has 0 bridgehead atoms. The van der Waals surface area contributed by atoms with Crippen LogP contribution in [0.25, 0.3) is 0 Å². The molecule has 9 heteroatoms. The molecule has 9 nitrogen and oxygen atoms in total. The molecule has 4 N–H and O–H groups in total. The van der Waals surface area contributed by atoms with Gasteiger partial charge in [-0.3, -0.25) is 4.79 Å². The van der Waals surface area contributed by atoms with Crippen molar-refractivity contribution < 1.29 is 44.2 Å². The van der Waals surface area contributed by atoms with Gasteiger partial charge in [-0.25, -0.2) is 0 Å². The summed E-state index contributed by atoms with van der Waals surface area (Å²) < 4.78 is 22.8. The first kappa shape index (κ1) is 53.4. The quantitative estimate of drug-likeness (QED) is 0.0271. The second-order valence-electron chi connectivity index (χ2n) is 16.2. The second-order valence-corrected chi connectivity index (χ2v) is 16.2. The summed E-state index contributed by atoms with van der Waals surface area (Å²) in [4.78, 5) is 12.7. The maximum Gasteiger partial charge on any atom is 0.306 e. The third kappa shape index (κ3) is 31.0. The van der Waals surface area contributed by atoms with E-state index < -0.39 is 43.4 Å². The van der Waals surface area contributed by atoms with Gasteiger partial charge in [0.2, 0.25) is 0 Å². The van der Waals surface area contributed by atoms with Gasteiger partial charge in [0.05, 0.1) is 19.8 Å². The first-order chi connectivity index (χ1) is 27.9. The first-order valence-corrected chi connectivity index (χ1v) is 23.6. The van der Waals surface area contributed by atoms with Crippen LogP contribution in [0.1, 0.15) is 200 Å². The molecular formula is C48H88O9. The SMILES string of the molecule is CC/C=C\C/C=C\C/C=C\CCCCCC(=O)OC(COCCCCCCCCCCCCCCCCCCCCCCC)COC1OC(CO)C(O)C(O)C1O. The molecule has 334 valence electrons. The summed E-state index contributed by atoms with van der Waals surface area (Å²) in [6, 6.07) is 0. The van der Waals surface area contributed by atoms with E-state index in [0.29, 0.717) is 6.61 Å². The highest BCUT2D eigenvalue weighted by Gasteiger charge is 2.44. The Kier molecular flexibility index (Phi) is 37.4. The molecule has 1 fully saturated rings. The molecule has 1 rings (SSSR count). The van der Waals surface area contributed by atoms with E-state index in [-0.39, 0.29) is 25.6 Å². The number of carbonyl (C=O) groups excluding carboxylic acids is 1. The Labute approximate surface area is 349 Å². The van der Waals surface area contributed by atoms with E-state index in [4.69, 9.17) is 18.9 Å². The van der Waals surface area contributed by atoms with E-state index in [1.807, 2.05) is 0 Å². The van der Waals surface area contributed by atoms with E-state index in [2.05, 4.69) is 50.3 Å². The lowest BCUT2D eigenvalue weighted by Gasteiger charge is -2.39. The molecule has 1 heterocycles. The topological polar surface area (TPSA) is 135 Å². The van der Waals surface area contributed by atoms with Crippen LogP contribution in [0.15, 0.2) is 36.5 Å². The standard InChI is InChI=1S/C48H88O9/c1-3-5-7-9-11-13-15-17-18-19-20-21-22-23-24-26-28-30-32-34-36-38-54-40-42(41-55-48-47(53)46(52)45(51)43(39-49)57-48)56-44(50)37-35-33-31-29-27-25-16-14-12-10-8-6-4-2/h6,8,12,14,25,27,42-43,45-49,51-53H,3-5,7,9-11,13,15-24,26,28-41H2,1-2H3/b8-6-,14-12-,27-25-. The van der Waals surface area contributed by atoms with Crippen molar-refractivity contribution in [3.05, 3.63) is 36.5 Å². The van der Waals surface area contributed by atoms with Crippen LogP contribution in [0, 0.1) is 0 Å². The van der Waals surface area contributed by atoms with Crippen molar-refractivity contribution in [1.82, 2.24) is 0 Å². The lowest BCUT2D eigenvalue weighted by molar-refractivity contribution is -0.305. The Hall–Kier alpha value is -1.59. The van der Waals surface area contributed by atoms with Crippen molar-refractivity contribution in [3.63, 3.8) is 0 Å². The molecule has 0 aliphatic carbocycles. The summed E-state index contributed by atoms with van der Waals surface area (Å²) in [5.74, 6) is -0.340. The van der Waals surface area contributed by atoms with Gasteiger partial charge in [0.25, 0.3) is 0 Å². The monoisotopic (exact) mass is 809 g/mol. The maximum absolute atomic E-state index is 12.7. The third-order valence-electron chi connectivity index (χ3n) is 10.8. The molecule has 6 atom stereocenters. The number of allylic oxidation sites excluding steroid dienone is 6. The van der Waals surface area contributed by atoms with Gasteiger partial charge in [-0.1, -0.05) is 185 Å². The molecule has 0 spiro atoms. The third-order valence-corrected chi connectivity index (χ3v) is 10.8. The summed E-state index contributed by atoms with van der Waals surface area (Å²) >= 11 is 0. The smallest absolute Gasteiger partial charge is 0.306 e. The Bertz CT molecular complexity index is 968. The highest BCUT2D eigenvalue weighted by atomic mass is 16.7. The zero-order chi connectivity index (χ0) is 41.4. The molecule has 57 heavy (non-hydrogen) atoms. The number of rotatable bonds is 40. The van der Waals surface area contributed by atoms with Gasteiger partial charge >= 0.3 is 5.97 Å². The van der Waals surface area contributed by atoms with Crippen LogP contribution in [0.2, 0.25) is 0 Å². The van der Waals surface area contributed by atoms with Crippen molar-refractivity contribution in [2.24, 2.45) is 0 Å². The van der Waals surface area contributed by atoms with Gasteiger partial charge in [-0.05, 0) is 44.9 Å². The number of esters is 1. The molecule has 0 aromatic rings. The van der Waals surface area contributed by atoms with Crippen molar-refractivity contribution >= 4 is 5.97 Å². The zero-order valence-corrected chi connectivity index (χ0v) is 36.6. The van der Waals surface area contributed by atoms with E-state index >= 15 is 0 Å². The minimum Gasteiger partial charge on any atom is -0.457 e. The largest absolute Gasteiger partial charge is 0.457 e. The van der Waals surface area contributed by atoms with Gasteiger partial charge < -0.3 is 39.4 Å². The number of carbonyl (C=O) groups is 1. The Balaban J connectivity index is 2.21. The lowest BCUT2D eigenvalue weighted by atomic mass is 9.99. The van der Waals surface area contributed by atoms with Crippen LogP contribution in [0.5, 0.6) is 0 Å². The number of hydrogen-bond acceptors (Lipinski definition) is 9. The number of aliphatic hydroxyl groups is 4. The molecule has 0 aromatic carbocycles. The van der Waals surface area contributed by atoms with Crippen molar-refractivity contribution in [2.75, 3.05) is 26.4 Å². The van der Waals surface area contributed by atoms with Crippen LogP contribution in [-0.4, -0.2) is 89.6 Å². The minimum absolute atomic E-state index is 0.123. The van der Waals surface area contributed by atoms with Gasteiger partial charge in [-0.15, -0.1) is 0 Å². The van der Waals surface area contributed by atoms with Gasteiger partial charge in [0.15, 0.2) is 6.29 Å². The summed E-state index contributed by atoms with van der Waals surface area (Å²) in [5.41, 5.74) is 0. The normalized spacial score (nSPS) is 20.7. The average Bonchev–Trinajstić information content (AvgIpc) is 3.21. The molecule has 1 aliphatic rings. The van der Waals surface area contributed by atoms with E-state index in [1.165, 1.54) is 122 Å². The van der Waals surface area contributed by atoms with E-state index in [0.717, 1.165) is 57.8 Å². The van der Waals surface area contributed by atoms with Crippen LogP contribution in [0.4, 0.5) is 0 Å². The molecule has 0 saturated carbocycles. The molecule has 0 amide bonds. The van der Waals surface area contributed by atoms with E-state index in [9.17, 15) is 25.2 Å². The summed E-state index contributed by atoms with van der Waals surface area (Å²) in [7, 11) is 0. The predicted octanol–water partition coefficient (Wildman–Crippen LogP) is 10.8. The fourth-order valence-corrected chi connectivity index (χ4v) is 7.15. The summed E-state index contributed by atoms with van der Waals surface area (Å²) in [6.45, 7) is 4.43. The lowest BCUT2D eigenvalue weighted by Crippen LogP contribution is -2.59. The summed E-state index contributed by atoms with van der Waals surface area (Å²) in [6.07, 6.45) is 40.4. The van der Waals surface area contributed by atoms with Crippen molar-refractivity contribution in [2.45, 2.75) is 237 Å². The Morgan fingerprint density at radius 2 is 1.07 bits per heavy atom. The molecule has 6 unspecified atom stereocenters. The van der Waals surface area contributed by atoms with Crippen molar-refractivity contribution in [3.8, 4) is 0 Å². The number of aliphatic hydroxyl groups excluding tert-OH is 4. The number of ether oxygens (including phenoxy) is 4. The molecule has 1 saturated heterocycles. The van der Waals surface area contributed by atoms with Crippen LogP contribution < -0.4 is 0 Å². The minimum atomic E-state index is -1.54. The zero-order valence-electron chi connectivity index (χ0n) is 36.6. The van der Waals surface area contributed by atoms with Crippen molar-refractivity contribution in [1.29, 1.82) is 0 Å². The Morgan fingerprint density at radius 1 is 0.579 bits per heavy atom. The fraction of sp³-hybridized carbons (Fsp3) is 0.854. The number of hydrogen-bond donors (Lipinski definition) is 4. The first-order valence-electron chi connectivity index (χ1n) is 23.6. The Morgan fingerprint density at radius 3 is 1.60 bits per heavy atom. The van der Waals surface area contributed by atoms with E-state index in [1.54, 1.807) is 0 Å². The highest BCUT2D eigenvalue weighted by Crippen LogP contribution is 2.23. The highest BCUT2D eigenvalue weighted by molar-refractivity contribution is 5.69. The fourth-order valence-electron chi connectivity index (χ4n) is 7.15. The molecule has 0 radical (unpaired) electrons. The molecule has 0 aromatic heterocycles. The van der Waals surface area contributed by atoms with Crippen LogP contribution in [-0.2, 0) is 23.7 Å². The molecule has 1 aliphatic heterocycles. The predicted molar refractivity (Wildman–Crippen MR) is 233 cm³/mol.